The second-order valence-electron chi connectivity index (χ2n) is 3.08. The number of hydrogen-bond acceptors (Lipinski definition) is 1. The Morgan fingerprint density at radius 2 is 2.25 bits per heavy atom. The molecule has 0 unspecified atom stereocenters. The van der Waals surface area contributed by atoms with Crippen LogP contribution in [0.25, 0.3) is 0 Å². The van der Waals surface area contributed by atoms with Gasteiger partial charge in [0.15, 0.2) is 0 Å². The molecule has 0 spiro atoms. The van der Waals surface area contributed by atoms with E-state index < -0.39 is 0 Å². The molecule has 12 heavy (non-hydrogen) atoms. The lowest BCUT2D eigenvalue weighted by Crippen LogP contribution is -2.07. The third kappa shape index (κ3) is 1.40. The highest BCUT2D eigenvalue weighted by molar-refractivity contribution is 14.1. The van der Waals surface area contributed by atoms with Gasteiger partial charge in [-0.05, 0) is 41.5 Å². The molecule has 1 aromatic carbocycles. The van der Waals surface area contributed by atoms with Crippen molar-refractivity contribution in [3.05, 3.63) is 34.9 Å². The lowest BCUT2D eigenvalue weighted by atomic mass is 10.0. The van der Waals surface area contributed by atoms with Crippen LogP contribution in [0.15, 0.2) is 23.2 Å². The van der Waals surface area contributed by atoms with Gasteiger partial charge in [-0.25, -0.2) is 0 Å². The van der Waals surface area contributed by atoms with Crippen molar-refractivity contribution < 1.29 is 0 Å². The molecule has 62 valence electrons. The third-order valence-corrected chi connectivity index (χ3v) is 3.04. The summed E-state index contributed by atoms with van der Waals surface area (Å²) < 4.78 is 1.16. The van der Waals surface area contributed by atoms with E-state index in [2.05, 4.69) is 52.7 Å². The van der Waals surface area contributed by atoms with Crippen LogP contribution in [0.5, 0.6) is 0 Å². The molecule has 1 nitrogen and oxygen atoms in total. The lowest BCUT2D eigenvalue weighted by Gasteiger charge is -2.13. The minimum Gasteiger partial charge on any atom is -0.278 e. The van der Waals surface area contributed by atoms with E-state index in [0.717, 1.165) is 16.7 Å². The van der Waals surface area contributed by atoms with Crippen molar-refractivity contribution in [2.45, 2.75) is 13.3 Å². The van der Waals surface area contributed by atoms with Gasteiger partial charge in [0.2, 0.25) is 0 Å². The van der Waals surface area contributed by atoms with Gasteiger partial charge in [-0.1, -0.05) is 23.8 Å². The van der Waals surface area contributed by atoms with Crippen LogP contribution in [-0.4, -0.2) is 10.3 Å². The first-order chi connectivity index (χ1) is 5.77. The molecule has 1 aromatic rings. The highest BCUT2D eigenvalue weighted by Crippen LogP contribution is 2.20. The van der Waals surface area contributed by atoms with Crippen LogP contribution >= 0.6 is 22.6 Å². The summed E-state index contributed by atoms with van der Waals surface area (Å²) in [6, 6.07) is 6.59. The van der Waals surface area contributed by atoms with Gasteiger partial charge in [0.05, 0.1) is 0 Å². The predicted molar refractivity (Wildman–Crippen MR) is 60.3 cm³/mol. The van der Waals surface area contributed by atoms with Gasteiger partial charge in [0.25, 0.3) is 0 Å². The molecule has 0 saturated heterocycles. The molecule has 0 aromatic heterocycles. The highest BCUT2D eigenvalue weighted by atomic mass is 127. The van der Waals surface area contributed by atoms with Crippen molar-refractivity contribution >= 4 is 26.3 Å². The van der Waals surface area contributed by atoms with Gasteiger partial charge in [-0.2, -0.15) is 0 Å². The topological polar surface area (TPSA) is 12.4 Å². The molecule has 2 rings (SSSR count). The zero-order valence-electron chi connectivity index (χ0n) is 6.97. The maximum atomic E-state index is 4.40. The van der Waals surface area contributed by atoms with E-state index in [0.29, 0.717) is 0 Å². The van der Waals surface area contributed by atoms with Gasteiger partial charge < -0.3 is 0 Å². The fraction of sp³-hybridized carbons (Fsp3) is 0.300. The van der Waals surface area contributed by atoms with Gasteiger partial charge in [0, 0.05) is 12.1 Å². The number of benzene rings is 1. The van der Waals surface area contributed by atoms with Gasteiger partial charge in [0.1, 0.15) is 3.72 Å². The second kappa shape index (κ2) is 3.17. The standard InChI is InChI=1S/C10H10IN/c1-7-2-3-9-8(6-7)4-5-12-10(9)11/h2-3,6H,4-5H2,1H3. The molecule has 0 fully saturated rings. The van der Waals surface area contributed by atoms with Crippen molar-refractivity contribution in [2.75, 3.05) is 6.54 Å². The molecule has 2 heteroatoms. The van der Waals surface area contributed by atoms with Gasteiger partial charge in [-0.3, -0.25) is 4.99 Å². The summed E-state index contributed by atoms with van der Waals surface area (Å²) in [7, 11) is 0. The maximum absolute atomic E-state index is 4.40. The van der Waals surface area contributed by atoms with Crippen molar-refractivity contribution in [3.8, 4) is 0 Å². The van der Waals surface area contributed by atoms with Crippen LogP contribution < -0.4 is 0 Å². The Morgan fingerprint density at radius 1 is 1.42 bits per heavy atom. The van der Waals surface area contributed by atoms with Gasteiger partial charge in [-0.15, -0.1) is 0 Å². The Bertz CT molecular complexity index is 342. The Labute approximate surface area is 86.0 Å². The normalized spacial score (nSPS) is 15.3. The fourth-order valence-electron chi connectivity index (χ4n) is 1.49. The van der Waals surface area contributed by atoms with Crippen LogP contribution in [0.4, 0.5) is 0 Å². The zero-order chi connectivity index (χ0) is 8.55. The number of halogens is 1. The molecule has 0 aliphatic carbocycles. The number of aryl methyl sites for hydroxylation is 1. The summed E-state index contributed by atoms with van der Waals surface area (Å²) in [5.74, 6) is 0. The molecule has 0 N–H and O–H groups in total. The molecule has 1 aliphatic rings. The molecule has 1 heterocycles. The quantitative estimate of drug-likeness (QED) is 0.643. The molecular formula is C10H10IN. The summed E-state index contributed by atoms with van der Waals surface area (Å²) >= 11 is 2.31. The van der Waals surface area contributed by atoms with E-state index in [4.69, 9.17) is 0 Å². The Kier molecular flexibility index (Phi) is 2.17. The summed E-state index contributed by atoms with van der Waals surface area (Å²) in [5.41, 5.74) is 4.13. The predicted octanol–water partition coefficient (Wildman–Crippen LogP) is 2.73. The van der Waals surface area contributed by atoms with Crippen LogP contribution in [0, 0.1) is 6.92 Å². The summed E-state index contributed by atoms with van der Waals surface area (Å²) in [6.45, 7) is 3.09. The van der Waals surface area contributed by atoms with Crippen LogP contribution in [0.3, 0.4) is 0 Å². The largest absolute Gasteiger partial charge is 0.278 e. The number of aliphatic imine (C=N–C) groups is 1. The Balaban J connectivity index is 2.56. The van der Waals surface area contributed by atoms with Crippen molar-refractivity contribution in [1.82, 2.24) is 0 Å². The molecule has 0 radical (unpaired) electrons. The number of fused-ring (bicyclic) bond motifs is 1. The molecule has 0 atom stereocenters. The van der Waals surface area contributed by atoms with Gasteiger partial charge >= 0.3 is 0 Å². The fourth-order valence-corrected chi connectivity index (χ4v) is 2.26. The SMILES string of the molecule is Cc1ccc2c(c1)CCN=C2I. The van der Waals surface area contributed by atoms with Crippen LogP contribution in [-0.2, 0) is 6.42 Å². The minimum absolute atomic E-state index is 0.953. The molecule has 1 aliphatic heterocycles. The third-order valence-electron chi connectivity index (χ3n) is 2.11. The van der Waals surface area contributed by atoms with E-state index in [9.17, 15) is 0 Å². The maximum Gasteiger partial charge on any atom is 0.103 e. The summed E-state index contributed by atoms with van der Waals surface area (Å²) in [4.78, 5) is 4.40. The van der Waals surface area contributed by atoms with Crippen molar-refractivity contribution in [2.24, 2.45) is 4.99 Å². The average molecular weight is 271 g/mol. The zero-order valence-corrected chi connectivity index (χ0v) is 9.13. The monoisotopic (exact) mass is 271 g/mol. The Hall–Kier alpha value is -0.380. The Morgan fingerprint density at radius 3 is 3.08 bits per heavy atom. The first-order valence-corrected chi connectivity index (χ1v) is 5.15. The summed E-state index contributed by atoms with van der Waals surface area (Å²) in [6.07, 6.45) is 1.10. The van der Waals surface area contributed by atoms with Crippen LogP contribution in [0.1, 0.15) is 16.7 Å². The summed E-state index contributed by atoms with van der Waals surface area (Å²) in [5, 5.41) is 0. The molecular weight excluding hydrogens is 261 g/mol. The highest BCUT2D eigenvalue weighted by Gasteiger charge is 2.10. The molecule has 0 saturated carbocycles. The number of hydrogen-bond donors (Lipinski definition) is 0. The molecule has 0 amide bonds. The second-order valence-corrected chi connectivity index (χ2v) is 4.10. The number of nitrogens with zero attached hydrogens (tertiary/aromatic N) is 1. The van der Waals surface area contributed by atoms with Crippen LogP contribution in [0.2, 0.25) is 0 Å². The van der Waals surface area contributed by atoms with E-state index >= 15 is 0 Å². The lowest BCUT2D eigenvalue weighted by molar-refractivity contribution is 0.949. The first kappa shape index (κ1) is 8.23. The van der Waals surface area contributed by atoms with Crippen molar-refractivity contribution in [3.63, 3.8) is 0 Å². The van der Waals surface area contributed by atoms with E-state index in [1.807, 2.05) is 0 Å². The van der Waals surface area contributed by atoms with Crippen molar-refractivity contribution in [1.29, 1.82) is 0 Å². The van der Waals surface area contributed by atoms with E-state index in [1.54, 1.807) is 0 Å². The number of rotatable bonds is 0. The van der Waals surface area contributed by atoms with E-state index in [1.165, 1.54) is 16.7 Å². The first-order valence-electron chi connectivity index (χ1n) is 4.07. The van der Waals surface area contributed by atoms with E-state index in [-0.39, 0.29) is 0 Å². The smallest absolute Gasteiger partial charge is 0.103 e. The minimum atomic E-state index is 0.953. The average Bonchev–Trinajstić information content (AvgIpc) is 2.04. The molecule has 0 bridgehead atoms.